The van der Waals surface area contributed by atoms with Gasteiger partial charge in [0.25, 0.3) is 10.2 Å². The third kappa shape index (κ3) is 8.65. The van der Waals surface area contributed by atoms with Gasteiger partial charge in [-0.1, -0.05) is 18.2 Å². The average Bonchev–Trinajstić information content (AvgIpc) is 2.03. The average molecular weight is 218 g/mol. The van der Waals surface area contributed by atoms with Gasteiger partial charge in [-0.05, 0) is 12.1 Å². The Kier molecular flexibility index (Phi) is 4.78. The first-order valence-electron chi connectivity index (χ1n) is 3.39. The van der Waals surface area contributed by atoms with Gasteiger partial charge in [-0.15, -0.1) is 0 Å². The summed E-state index contributed by atoms with van der Waals surface area (Å²) in [6.45, 7) is 0. The fraction of sp³-hybridized carbons (Fsp3) is 0. The molecule has 0 atom stereocenters. The number of carboxylic acid groups (broad SMARTS) is 1. The van der Waals surface area contributed by atoms with Crippen LogP contribution < -0.4 is 10.3 Å². The minimum absolute atomic E-state index is 0.331. The first-order chi connectivity index (χ1) is 6.30. The molecule has 0 amide bonds. The van der Waals surface area contributed by atoms with Crippen molar-refractivity contribution < 1.29 is 18.3 Å². The fourth-order valence-corrected chi connectivity index (χ4v) is 0.581. The number of aromatic carboxylic acids is 1. The van der Waals surface area contributed by atoms with E-state index in [1.807, 2.05) is 0 Å². The summed E-state index contributed by atoms with van der Waals surface area (Å²) in [6.07, 6.45) is 0. The molecule has 1 rings (SSSR count). The maximum atomic E-state index is 10.2. The van der Waals surface area contributed by atoms with Crippen LogP contribution in [0.5, 0.6) is 0 Å². The first-order valence-corrected chi connectivity index (χ1v) is 5.00. The highest BCUT2D eigenvalue weighted by atomic mass is 32.2. The third-order valence-corrected chi connectivity index (χ3v) is 1.02. The van der Waals surface area contributed by atoms with E-state index < -0.39 is 16.2 Å². The van der Waals surface area contributed by atoms with Crippen molar-refractivity contribution in [1.29, 1.82) is 0 Å². The Balaban J connectivity index is 0.000000292. The van der Waals surface area contributed by atoms with Crippen molar-refractivity contribution in [1.82, 2.24) is 0 Å². The molecule has 5 N–H and O–H groups in total. The second-order valence-corrected chi connectivity index (χ2v) is 3.44. The van der Waals surface area contributed by atoms with Gasteiger partial charge in [0.15, 0.2) is 0 Å². The van der Waals surface area contributed by atoms with Crippen LogP contribution in [0.25, 0.3) is 0 Å². The summed E-state index contributed by atoms with van der Waals surface area (Å²) in [5.74, 6) is -0.879. The van der Waals surface area contributed by atoms with E-state index in [9.17, 15) is 13.2 Å². The van der Waals surface area contributed by atoms with Gasteiger partial charge in [-0.2, -0.15) is 8.42 Å². The highest BCUT2D eigenvalue weighted by Gasteiger charge is 1.96. The minimum atomic E-state index is -3.67. The van der Waals surface area contributed by atoms with E-state index in [-0.39, 0.29) is 0 Å². The maximum Gasteiger partial charge on any atom is 0.335 e. The van der Waals surface area contributed by atoms with Gasteiger partial charge < -0.3 is 5.11 Å². The van der Waals surface area contributed by atoms with E-state index in [1.165, 1.54) is 0 Å². The lowest BCUT2D eigenvalue weighted by Gasteiger charge is -1.88. The number of carbonyl (C=O) groups is 1. The highest BCUT2D eigenvalue weighted by molar-refractivity contribution is 7.86. The van der Waals surface area contributed by atoms with Gasteiger partial charge in [0.1, 0.15) is 0 Å². The van der Waals surface area contributed by atoms with E-state index >= 15 is 0 Å². The molecule has 7 heteroatoms. The van der Waals surface area contributed by atoms with Crippen LogP contribution in [0.15, 0.2) is 30.3 Å². The number of nitrogens with two attached hydrogens (primary N) is 2. The van der Waals surface area contributed by atoms with Gasteiger partial charge >= 0.3 is 5.97 Å². The molecule has 0 aliphatic carbocycles. The summed E-state index contributed by atoms with van der Waals surface area (Å²) in [5, 5.41) is 16.6. The maximum absolute atomic E-state index is 10.2. The molecule has 0 unspecified atom stereocenters. The monoisotopic (exact) mass is 218 g/mol. The summed E-state index contributed by atoms with van der Waals surface area (Å²) >= 11 is 0. The number of carboxylic acids is 1. The summed E-state index contributed by atoms with van der Waals surface area (Å²) in [4.78, 5) is 10.2. The molecule has 0 spiro atoms. The zero-order valence-corrected chi connectivity index (χ0v) is 7.94. The molecule has 0 aliphatic heterocycles. The molecule has 0 aromatic heterocycles. The third-order valence-electron chi connectivity index (χ3n) is 1.02. The van der Waals surface area contributed by atoms with Crippen LogP contribution in [-0.2, 0) is 10.2 Å². The second kappa shape index (κ2) is 5.32. The highest BCUT2D eigenvalue weighted by Crippen LogP contribution is 1.96. The molecular weight excluding hydrogens is 208 g/mol. The Morgan fingerprint density at radius 3 is 1.71 bits per heavy atom. The van der Waals surface area contributed by atoms with Gasteiger partial charge in [-0.25, -0.2) is 15.1 Å². The second-order valence-electron chi connectivity index (χ2n) is 2.26. The zero-order valence-electron chi connectivity index (χ0n) is 7.12. The lowest BCUT2D eigenvalue weighted by molar-refractivity contribution is 0.0697. The predicted molar refractivity (Wildman–Crippen MR) is 50.7 cm³/mol. The number of hydrogen-bond donors (Lipinski definition) is 3. The standard InChI is InChI=1S/C7H6O2.H4N2O2S/c8-7(9)6-4-2-1-3-5-6;1-5(2,3)4/h1-5H,(H,8,9);(H4,1,2,3,4). The molecule has 0 aliphatic rings. The normalized spacial score (nSPS) is 9.86. The minimum Gasteiger partial charge on any atom is -0.478 e. The summed E-state index contributed by atoms with van der Waals surface area (Å²) < 4.78 is 18.4. The number of hydrogen-bond acceptors (Lipinski definition) is 3. The number of rotatable bonds is 1. The summed E-state index contributed by atoms with van der Waals surface area (Å²) in [5.41, 5.74) is 0.331. The van der Waals surface area contributed by atoms with Gasteiger partial charge in [-0.3, -0.25) is 0 Å². The predicted octanol–water partition coefficient (Wildman–Crippen LogP) is -0.467. The Morgan fingerprint density at radius 2 is 1.50 bits per heavy atom. The quantitative estimate of drug-likeness (QED) is 0.589. The lowest BCUT2D eigenvalue weighted by Crippen LogP contribution is -2.21. The topological polar surface area (TPSA) is 123 Å². The van der Waals surface area contributed by atoms with Crippen molar-refractivity contribution >= 4 is 16.2 Å². The van der Waals surface area contributed by atoms with Gasteiger partial charge in [0.2, 0.25) is 0 Å². The molecule has 14 heavy (non-hydrogen) atoms. The Labute approximate surface area is 81.3 Å². The van der Waals surface area contributed by atoms with Crippen LogP contribution in [0, 0.1) is 0 Å². The van der Waals surface area contributed by atoms with Crippen molar-refractivity contribution in [3.05, 3.63) is 35.9 Å². The van der Waals surface area contributed by atoms with Crippen LogP contribution in [0.4, 0.5) is 0 Å². The van der Waals surface area contributed by atoms with Crippen LogP contribution >= 0.6 is 0 Å². The Bertz CT molecular complexity index is 379. The summed E-state index contributed by atoms with van der Waals surface area (Å²) in [6, 6.07) is 8.30. The van der Waals surface area contributed by atoms with Gasteiger partial charge in [0, 0.05) is 0 Å². The van der Waals surface area contributed by atoms with Crippen LogP contribution in [0.1, 0.15) is 10.4 Å². The van der Waals surface area contributed by atoms with Crippen molar-refractivity contribution in [2.45, 2.75) is 0 Å². The van der Waals surface area contributed by atoms with E-state index in [4.69, 9.17) is 5.11 Å². The smallest absolute Gasteiger partial charge is 0.335 e. The fourth-order valence-electron chi connectivity index (χ4n) is 0.581. The summed E-state index contributed by atoms with van der Waals surface area (Å²) in [7, 11) is -3.67. The molecule has 0 bridgehead atoms. The first kappa shape index (κ1) is 12.6. The lowest BCUT2D eigenvalue weighted by atomic mass is 10.2. The molecule has 78 valence electrons. The molecule has 0 fully saturated rings. The SMILES string of the molecule is NS(N)(=O)=O.O=C(O)c1ccccc1. The molecular formula is C7H10N2O4S. The van der Waals surface area contributed by atoms with Crippen molar-refractivity contribution in [3.8, 4) is 0 Å². The van der Waals surface area contributed by atoms with E-state index in [0.29, 0.717) is 5.56 Å². The van der Waals surface area contributed by atoms with Crippen LogP contribution in [0.3, 0.4) is 0 Å². The van der Waals surface area contributed by atoms with Crippen LogP contribution in [0.2, 0.25) is 0 Å². The molecule has 0 saturated carbocycles. The molecule has 1 aromatic carbocycles. The van der Waals surface area contributed by atoms with Crippen LogP contribution in [-0.4, -0.2) is 19.5 Å². The Hall–Kier alpha value is -1.44. The number of benzene rings is 1. The Morgan fingerprint density at radius 1 is 1.14 bits per heavy atom. The van der Waals surface area contributed by atoms with Crippen molar-refractivity contribution in [3.63, 3.8) is 0 Å². The molecule has 0 saturated heterocycles. The van der Waals surface area contributed by atoms with Crippen molar-refractivity contribution in [2.75, 3.05) is 0 Å². The van der Waals surface area contributed by atoms with E-state index in [1.54, 1.807) is 30.3 Å². The van der Waals surface area contributed by atoms with E-state index in [2.05, 4.69) is 10.3 Å². The molecule has 0 radical (unpaired) electrons. The molecule has 1 aromatic rings. The zero-order chi connectivity index (χ0) is 11.2. The van der Waals surface area contributed by atoms with E-state index in [0.717, 1.165) is 0 Å². The van der Waals surface area contributed by atoms with Gasteiger partial charge in [0.05, 0.1) is 5.56 Å². The van der Waals surface area contributed by atoms with Crippen molar-refractivity contribution in [2.24, 2.45) is 10.3 Å². The molecule has 6 nitrogen and oxygen atoms in total. The molecule has 0 heterocycles. The largest absolute Gasteiger partial charge is 0.478 e.